The highest BCUT2D eigenvalue weighted by Crippen LogP contribution is 2.54. The van der Waals surface area contributed by atoms with Crippen LogP contribution in [0.25, 0.3) is 0 Å². The van der Waals surface area contributed by atoms with Crippen molar-refractivity contribution in [3.05, 3.63) is 55.9 Å². The third kappa shape index (κ3) is 4.50. The second-order valence-electron chi connectivity index (χ2n) is 6.42. The van der Waals surface area contributed by atoms with Crippen LogP contribution in [0.15, 0.2) is 23.6 Å². The second kappa shape index (κ2) is 8.44. The number of alkyl halides is 7. The van der Waals surface area contributed by atoms with Crippen molar-refractivity contribution in [3.8, 4) is 0 Å². The molecule has 0 unspecified atom stereocenters. The highest BCUT2D eigenvalue weighted by molar-refractivity contribution is 7.13. The summed E-state index contributed by atoms with van der Waals surface area (Å²) in [4.78, 5) is 22.5. The van der Waals surface area contributed by atoms with Gasteiger partial charge in [-0.3, -0.25) is 14.9 Å². The molecule has 0 aliphatic heterocycles. The van der Waals surface area contributed by atoms with E-state index in [0.29, 0.717) is 23.5 Å². The highest BCUT2D eigenvalue weighted by atomic mass is 32.1. The molecule has 1 N–H and O–H groups in total. The molecule has 0 atom stereocenters. The first-order chi connectivity index (χ1) is 14.2. The van der Waals surface area contributed by atoms with Crippen molar-refractivity contribution in [1.82, 2.24) is 0 Å². The van der Waals surface area contributed by atoms with E-state index >= 15 is 0 Å². The van der Waals surface area contributed by atoms with Crippen LogP contribution in [0.2, 0.25) is 0 Å². The van der Waals surface area contributed by atoms with Crippen LogP contribution in [0.4, 0.5) is 41.4 Å². The monoisotopic (exact) mass is 472 g/mol. The van der Waals surface area contributed by atoms with Gasteiger partial charge in [0.2, 0.25) is 0 Å². The van der Waals surface area contributed by atoms with Gasteiger partial charge in [-0.2, -0.15) is 26.3 Å². The molecule has 0 saturated carbocycles. The van der Waals surface area contributed by atoms with E-state index in [1.807, 2.05) is 0 Å². The normalized spacial score (nSPS) is 12.7. The van der Waals surface area contributed by atoms with Crippen LogP contribution in [0.1, 0.15) is 40.9 Å². The third-order valence-electron chi connectivity index (χ3n) is 4.51. The molecule has 0 aliphatic rings. The molecule has 0 fully saturated rings. The molecule has 1 aromatic heterocycles. The first kappa shape index (κ1) is 24.6. The van der Waals surface area contributed by atoms with Gasteiger partial charge in [-0.25, -0.2) is 4.39 Å². The summed E-state index contributed by atoms with van der Waals surface area (Å²) in [5.41, 5.74) is -7.71. The Morgan fingerprint density at radius 3 is 1.84 bits per heavy atom. The maximum absolute atomic E-state index is 14.5. The van der Waals surface area contributed by atoms with Crippen molar-refractivity contribution in [2.75, 3.05) is 5.32 Å². The van der Waals surface area contributed by atoms with E-state index in [0.717, 1.165) is 6.07 Å². The Balaban J connectivity index is 2.58. The Morgan fingerprint density at radius 2 is 1.48 bits per heavy atom. The molecular formula is C18H15F7N2O3S. The predicted octanol–water partition coefficient (Wildman–Crippen LogP) is 6.32. The third-order valence-corrected chi connectivity index (χ3v) is 5.39. The minimum atomic E-state index is -6.26. The summed E-state index contributed by atoms with van der Waals surface area (Å²) >= 11 is 0.668. The fraction of sp³-hybridized carbons (Fsp3) is 0.389. The fourth-order valence-corrected chi connectivity index (χ4v) is 3.60. The average Bonchev–Trinajstić information content (AvgIpc) is 3.16. The van der Waals surface area contributed by atoms with Crippen LogP contribution in [-0.2, 0) is 18.5 Å². The zero-order valence-electron chi connectivity index (χ0n) is 15.9. The van der Waals surface area contributed by atoms with Crippen LogP contribution in [0.5, 0.6) is 0 Å². The van der Waals surface area contributed by atoms with Gasteiger partial charge >= 0.3 is 23.0 Å². The first-order valence-electron chi connectivity index (χ1n) is 8.70. The van der Waals surface area contributed by atoms with Gasteiger partial charge in [-0.05, 0) is 36.1 Å². The molecule has 2 rings (SSSR count). The number of nitro groups is 1. The summed E-state index contributed by atoms with van der Waals surface area (Å²) in [7, 11) is 0. The van der Waals surface area contributed by atoms with Gasteiger partial charge in [-0.1, -0.05) is 25.2 Å². The van der Waals surface area contributed by atoms with E-state index in [-0.39, 0.29) is 40.2 Å². The van der Waals surface area contributed by atoms with Crippen LogP contribution < -0.4 is 5.32 Å². The maximum Gasteiger partial charge on any atom is 0.435 e. The number of anilines is 1. The SMILES string of the molecule is CCc1cc(C(F)(C(F)(F)F)C(F)(F)F)cc(CC)c1NC(=O)c1csc([N+](=O)[O-])c1. The Labute approximate surface area is 175 Å². The summed E-state index contributed by atoms with van der Waals surface area (Å²) in [6.45, 7) is 2.81. The minimum absolute atomic E-state index is 0.0701. The molecule has 5 nitrogen and oxygen atoms in total. The molecule has 0 bridgehead atoms. The molecule has 1 amide bonds. The number of nitrogens with zero attached hydrogens (tertiary/aromatic N) is 1. The molecule has 170 valence electrons. The highest BCUT2D eigenvalue weighted by Gasteiger charge is 2.73. The Morgan fingerprint density at radius 1 is 1.00 bits per heavy atom. The molecule has 0 aliphatic carbocycles. The van der Waals surface area contributed by atoms with Gasteiger partial charge in [0.1, 0.15) is 0 Å². The molecule has 0 saturated heterocycles. The van der Waals surface area contributed by atoms with Crippen molar-refractivity contribution in [2.45, 2.75) is 44.7 Å². The maximum atomic E-state index is 14.5. The topological polar surface area (TPSA) is 72.2 Å². The number of amides is 1. The molecule has 13 heteroatoms. The number of hydrogen-bond donors (Lipinski definition) is 1. The van der Waals surface area contributed by atoms with Crippen molar-refractivity contribution in [3.63, 3.8) is 0 Å². The van der Waals surface area contributed by atoms with Gasteiger partial charge in [-0.15, -0.1) is 0 Å². The van der Waals surface area contributed by atoms with Gasteiger partial charge in [0, 0.05) is 22.7 Å². The van der Waals surface area contributed by atoms with Gasteiger partial charge < -0.3 is 5.32 Å². The molecule has 0 radical (unpaired) electrons. The minimum Gasteiger partial charge on any atom is -0.321 e. The van der Waals surface area contributed by atoms with E-state index in [1.54, 1.807) is 0 Å². The number of hydrogen-bond acceptors (Lipinski definition) is 4. The summed E-state index contributed by atoms with van der Waals surface area (Å²) < 4.78 is 93.3. The number of rotatable bonds is 6. The lowest BCUT2D eigenvalue weighted by Crippen LogP contribution is -2.50. The summed E-state index contributed by atoms with van der Waals surface area (Å²) in [5.74, 6) is -0.848. The van der Waals surface area contributed by atoms with E-state index in [4.69, 9.17) is 0 Å². The smallest absolute Gasteiger partial charge is 0.321 e. The lowest BCUT2D eigenvalue weighted by Gasteiger charge is -2.31. The average molecular weight is 472 g/mol. The predicted molar refractivity (Wildman–Crippen MR) is 99.0 cm³/mol. The molecule has 1 aromatic carbocycles. The van der Waals surface area contributed by atoms with E-state index in [2.05, 4.69) is 5.32 Å². The van der Waals surface area contributed by atoms with Crippen LogP contribution in [0, 0.1) is 10.1 Å². The van der Waals surface area contributed by atoms with Crippen molar-refractivity contribution < 1.29 is 40.5 Å². The summed E-state index contributed by atoms with van der Waals surface area (Å²) in [5, 5.41) is 14.0. The fourth-order valence-electron chi connectivity index (χ4n) is 2.90. The number of carbonyl (C=O) groups is 1. The first-order valence-corrected chi connectivity index (χ1v) is 9.58. The number of benzene rings is 1. The Bertz CT molecular complexity index is 960. The summed E-state index contributed by atoms with van der Waals surface area (Å²) in [6, 6.07) is 1.82. The van der Waals surface area contributed by atoms with Crippen molar-refractivity contribution >= 4 is 27.9 Å². The van der Waals surface area contributed by atoms with Crippen molar-refractivity contribution in [2.24, 2.45) is 0 Å². The molecule has 1 heterocycles. The van der Waals surface area contributed by atoms with Crippen LogP contribution in [-0.4, -0.2) is 23.2 Å². The zero-order valence-corrected chi connectivity index (χ0v) is 16.8. The lowest BCUT2D eigenvalue weighted by atomic mass is 9.88. The lowest BCUT2D eigenvalue weighted by molar-refractivity contribution is -0.380. The van der Waals surface area contributed by atoms with E-state index in [1.165, 1.54) is 19.2 Å². The van der Waals surface area contributed by atoms with E-state index < -0.39 is 34.4 Å². The second-order valence-corrected chi connectivity index (χ2v) is 7.31. The Kier molecular flexibility index (Phi) is 6.69. The molecule has 0 spiro atoms. The Hall–Kier alpha value is -2.70. The van der Waals surface area contributed by atoms with Crippen LogP contribution >= 0.6 is 11.3 Å². The standard InChI is InChI=1S/C18H15F7N2O3S/c1-3-9-5-12(16(19,17(20,21)22)18(23,24)25)6-10(4-2)14(9)26-15(28)11-7-13(27(29)30)31-8-11/h5-8H,3-4H2,1-2H3,(H,26,28). The number of aryl methyl sites for hydroxylation is 2. The zero-order chi connectivity index (χ0) is 23.8. The number of thiophene rings is 1. The largest absolute Gasteiger partial charge is 0.435 e. The van der Waals surface area contributed by atoms with Gasteiger partial charge in [0.15, 0.2) is 0 Å². The summed E-state index contributed by atoms with van der Waals surface area (Å²) in [6.07, 6.45) is -12.8. The van der Waals surface area contributed by atoms with Crippen molar-refractivity contribution in [1.29, 1.82) is 0 Å². The number of halogens is 7. The van der Waals surface area contributed by atoms with Gasteiger partial charge in [0.05, 0.1) is 10.5 Å². The molecular weight excluding hydrogens is 457 g/mol. The number of carbonyl (C=O) groups excluding carboxylic acids is 1. The number of nitrogens with one attached hydrogen (secondary N) is 1. The van der Waals surface area contributed by atoms with Crippen LogP contribution in [0.3, 0.4) is 0 Å². The quantitative estimate of drug-likeness (QED) is 0.304. The molecule has 2 aromatic rings. The molecule has 31 heavy (non-hydrogen) atoms. The van der Waals surface area contributed by atoms with E-state index in [9.17, 15) is 45.6 Å². The van der Waals surface area contributed by atoms with Gasteiger partial charge in [0.25, 0.3) is 5.91 Å².